The molecule has 0 saturated carbocycles. The van der Waals surface area contributed by atoms with Gasteiger partial charge in [-0.2, -0.15) is 0 Å². The minimum Gasteiger partial charge on any atom is -0.309 e. The van der Waals surface area contributed by atoms with Gasteiger partial charge in [-0.25, -0.2) is 0 Å². The molecule has 0 spiro atoms. The monoisotopic (exact) mass is 173 g/mol. The second-order valence-electron chi connectivity index (χ2n) is 2.58. The SMILES string of the molecule is CNCC#Cc1cccc(C=O)c1. The maximum atomic E-state index is 10.4. The van der Waals surface area contributed by atoms with E-state index < -0.39 is 0 Å². The molecule has 13 heavy (non-hydrogen) atoms. The van der Waals surface area contributed by atoms with Gasteiger partial charge in [0.05, 0.1) is 6.54 Å². The average Bonchev–Trinajstić information content (AvgIpc) is 2.19. The Kier molecular flexibility index (Phi) is 3.74. The van der Waals surface area contributed by atoms with Crippen molar-refractivity contribution in [2.75, 3.05) is 13.6 Å². The summed E-state index contributed by atoms with van der Waals surface area (Å²) in [5.41, 5.74) is 1.54. The topological polar surface area (TPSA) is 29.1 Å². The quantitative estimate of drug-likeness (QED) is 0.535. The molecule has 0 aromatic heterocycles. The van der Waals surface area contributed by atoms with Crippen LogP contribution in [-0.4, -0.2) is 19.9 Å². The summed E-state index contributed by atoms with van der Waals surface area (Å²) in [4.78, 5) is 10.4. The molecule has 1 aromatic rings. The first-order valence-corrected chi connectivity index (χ1v) is 4.05. The predicted octanol–water partition coefficient (Wildman–Crippen LogP) is 1.07. The van der Waals surface area contributed by atoms with Crippen molar-refractivity contribution in [3.8, 4) is 11.8 Å². The van der Waals surface area contributed by atoms with Gasteiger partial charge in [0.25, 0.3) is 0 Å². The highest BCUT2D eigenvalue weighted by molar-refractivity contribution is 5.75. The van der Waals surface area contributed by atoms with Crippen LogP contribution in [0.3, 0.4) is 0 Å². The highest BCUT2D eigenvalue weighted by Crippen LogP contribution is 2.00. The molecular formula is C11H11NO. The third-order valence-electron chi connectivity index (χ3n) is 1.52. The number of carbonyl (C=O) groups excluding carboxylic acids is 1. The molecule has 1 N–H and O–H groups in total. The van der Waals surface area contributed by atoms with Crippen LogP contribution in [0.1, 0.15) is 15.9 Å². The summed E-state index contributed by atoms with van der Waals surface area (Å²) in [6.07, 6.45) is 0.823. The highest BCUT2D eigenvalue weighted by Gasteiger charge is 1.89. The van der Waals surface area contributed by atoms with Crippen molar-refractivity contribution in [1.29, 1.82) is 0 Å². The molecule has 66 valence electrons. The van der Waals surface area contributed by atoms with Crippen LogP contribution < -0.4 is 5.32 Å². The van der Waals surface area contributed by atoms with Gasteiger partial charge >= 0.3 is 0 Å². The van der Waals surface area contributed by atoms with Crippen LogP contribution in [0.4, 0.5) is 0 Å². The maximum absolute atomic E-state index is 10.4. The number of aldehydes is 1. The Hall–Kier alpha value is -1.59. The van der Waals surface area contributed by atoms with Gasteiger partial charge < -0.3 is 5.32 Å². The summed E-state index contributed by atoms with van der Waals surface area (Å²) >= 11 is 0. The fourth-order valence-corrected chi connectivity index (χ4v) is 0.924. The van der Waals surface area contributed by atoms with E-state index in [2.05, 4.69) is 17.2 Å². The van der Waals surface area contributed by atoms with Gasteiger partial charge in [-0.05, 0) is 19.2 Å². The summed E-state index contributed by atoms with van der Waals surface area (Å²) in [7, 11) is 1.84. The Morgan fingerprint density at radius 2 is 2.38 bits per heavy atom. The molecule has 0 radical (unpaired) electrons. The lowest BCUT2D eigenvalue weighted by Crippen LogP contribution is -2.04. The second kappa shape index (κ2) is 5.13. The molecule has 0 unspecified atom stereocenters. The van der Waals surface area contributed by atoms with E-state index in [1.54, 1.807) is 12.1 Å². The van der Waals surface area contributed by atoms with Crippen molar-refractivity contribution >= 4 is 6.29 Å². The molecule has 0 aliphatic carbocycles. The fraction of sp³-hybridized carbons (Fsp3) is 0.182. The molecule has 0 bridgehead atoms. The van der Waals surface area contributed by atoms with Crippen molar-refractivity contribution in [3.05, 3.63) is 35.4 Å². The van der Waals surface area contributed by atoms with E-state index in [0.717, 1.165) is 11.8 Å². The minimum absolute atomic E-state index is 0.658. The van der Waals surface area contributed by atoms with Crippen LogP contribution in [0.2, 0.25) is 0 Å². The molecule has 0 saturated heterocycles. The van der Waals surface area contributed by atoms with Gasteiger partial charge in [0.2, 0.25) is 0 Å². The Balaban J connectivity index is 2.79. The molecule has 0 heterocycles. The fourth-order valence-electron chi connectivity index (χ4n) is 0.924. The minimum atomic E-state index is 0.658. The molecular weight excluding hydrogens is 162 g/mol. The summed E-state index contributed by atoms with van der Waals surface area (Å²) in [6, 6.07) is 7.24. The second-order valence-corrected chi connectivity index (χ2v) is 2.58. The number of rotatable bonds is 2. The first-order valence-electron chi connectivity index (χ1n) is 4.05. The molecule has 0 aliphatic heterocycles. The van der Waals surface area contributed by atoms with Gasteiger partial charge in [0.1, 0.15) is 6.29 Å². The Bertz CT molecular complexity index is 347. The van der Waals surface area contributed by atoms with E-state index in [1.165, 1.54) is 0 Å². The zero-order valence-electron chi connectivity index (χ0n) is 7.50. The van der Waals surface area contributed by atoms with Gasteiger partial charge in [0, 0.05) is 11.1 Å². The highest BCUT2D eigenvalue weighted by atomic mass is 16.1. The normalized spacial score (nSPS) is 8.69. The third-order valence-corrected chi connectivity index (χ3v) is 1.52. The molecule has 1 aromatic carbocycles. The lowest BCUT2D eigenvalue weighted by atomic mass is 10.1. The van der Waals surface area contributed by atoms with Gasteiger partial charge in [-0.1, -0.05) is 24.0 Å². The summed E-state index contributed by atoms with van der Waals surface area (Å²) in [6.45, 7) is 0.658. The summed E-state index contributed by atoms with van der Waals surface area (Å²) < 4.78 is 0. The van der Waals surface area contributed by atoms with Crippen molar-refractivity contribution < 1.29 is 4.79 Å². The molecule has 2 heteroatoms. The van der Waals surface area contributed by atoms with Crippen molar-refractivity contribution in [3.63, 3.8) is 0 Å². The first-order chi connectivity index (χ1) is 6.36. The maximum Gasteiger partial charge on any atom is 0.150 e. The van der Waals surface area contributed by atoms with Crippen molar-refractivity contribution in [2.45, 2.75) is 0 Å². The number of hydrogen-bond acceptors (Lipinski definition) is 2. The van der Waals surface area contributed by atoms with Gasteiger partial charge in [0.15, 0.2) is 0 Å². The number of benzene rings is 1. The van der Waals surface area contributed by atoms with E-state index in [9.17, 15) is 4.79 Å². The van der Waals surface area contributed by atoms with Crippen LogP contribution in [0, 0.1) is 11.8 Å². The van der Waals surface area contributed by atoms with Crippen LogP contribution in [0.5, 0.6) is 0 Å². The van der Waals surface area contributed by atoms with E-state index in [0.29, 0.717) is 12.1 Å². The molecule has 0 atom stereocenters. The van der Waals surface area contributed by atoms with E-state index >= 15 is 0 Å². The molecule has 0 aliphatic rings. The summed E-state index contributed by atoms with van der Waals surface area (Å²) in [5, 5.41) is 2.92. The number of nitrogens with one attached hydrogen (secondary N) is 1. The Labute approximate surface area is 78.0 Å². The van der Waals surface area contributed by atoms with Gasteiger partial charge in [-0.3, -0.25) is 4.79 Å². The molecule has 0 amide bonds. The Morgan fingerprint density at radius 1 is 1.54 bits per heavy atom. The average molecular weight is 173 g/mol. The predicted molar refractivity (Wildman–Crippen MR) is 52.6 cm³/mol. The van der Waals surface area contributed by atoms with E-state index in [-0.39, 0.29) is 0 Å². The number of hydrogen-bond donors (Lipinski definition) is 1. The zero-order valence-corrected chi connectivity index (χ0v) is 7.50. The third kappa shape index (κ3) is 3.10. The largest absolute Gasteiger partial charge is 0.309 e. The van der Waals surface area contributed by atoms with Crippen molar-refractivity contribution in [2.24, 2.45) is 0 Å². The molecule has 1 rings (SSSR count). The van der Waals surface area contributed by atoms with Crippen molar-refractivity contribution in [1.82, 2.24) is 5.32 Å². The molecule has 2 nitrogen and oxygen atoms in total. The lowest BCUT2D eigenvalue weighted by molar-refractivity contribution is 0.112. The van der Waals surface area contributed by atoms with E-state index in [1.807, 2.05) is 19.2 Å². The zero-order chi connectivity index (χ0) is 9.52. The standard InChI is InChI=1S/C11H11NO/c1-12-7-3-6-10-4-2-5-11(8-10)9-13/h2,4-5,8-9,12H,7H2,1H3. The van der Waals surface area contributed by atoms with Crippen LogP contribution >= 0.6 is 0 Å². The van der Waals surface area contributed by atoms with Crippen LogP contribution in [0.25, 0.3) is 0 Å². The molecule has 0 fully saturated rings. The number of carbonyl (C=O) groups is 1. The Morgan fingerprint density at radius 3 is 3.08 bits per heavy atom. The van der Waals surface area contributed by atoms with E-state index in [4.69, 9.17) is 0 Å². The van der Waals surface area contributed by atoms with Crippen LogP contribution in [-0.2, 0) is 0 Å². The summed E-state index contributed by atoms with van der Waals surface area (Å²) in [5.74, 6) is 5.87. The first kappa shape index (κ1) is 9.50. The van der Waals surface area contributed by atoms with Gasteiger partial charge in [-0.15, -0.1) is 0 Å². The van der Waals surface area contributed by atoms with Crippen LogP contribution in [0.15, 0.2) is 24.3 Å². The smallest absolute Gasteiger partial charge is 0.150 e. The lowest BCUT2D eigenvalue weighted by Gasteiger charge is -1.91.